The van der Waals surface area contributed by atoms with Crippen LogP contribution in [0.2, 0.25) is 0 Å². The van der Waals surface area contributed by atoms with Crippen LogP contribution in [0.15, 0.2) is 0 Å². The van der Waals surface area contributed by atoms with Crippen LogP contribution in [0.4, 0.5) is 0 Å². The van der Waals surface area contributed by atoms with Gasteiger partial charge in [-0.05, 0) is 12.8 Å². The highest BCUT2D eigenvalue weighted by Crippen LogP contribution is 2.36. The molecular weight excluding hydrogens is 428 g/mol. The molecule has 0 aromatic heterocycles. The molecule has 2 unspecified atom stereocenters. The van der Waals surface area contributed by atoms with E-state index in [-0.39, 0.29) is 13.0 Å². The summed E-state index contributed by atoms with van der Waals surface area (Å²) in [7, 11) is 0. The van der Waals surface area contributed by atoms with Crippen LogP contribution in [0.1, 0.15) is 103 Å². The zero-order chi connectivity index (χ0) is 24.5. The molecule has 0 aliphatic carbocycles. The fourth-order valence-electron chi connectivity index (χ4n) is 4.42. The van der Waals surface area contributed by atoms with E-state index < -0.39 is 48.9 Å². The molecule has 1 aliphatic heterocycles. The van der Waals surface area contributed by atoms with E-state index in [1.165, 1.54) is 64.2 Å². The lowest BCUT2D eigenvalue weighted by atomic mass is 9.84. The molecule has 0 aromatic carbocycles. The van der Waals surface area contributed by atoms with Gasteiger partial charge in [0.15, 0.2) is 11.7 Å². The highest BCUT2D eigenvalue weighted by molar-refractivity contribution is 6.37. The Morgan fingerprint density at radius 1 is 0.818 bits per heavy atom. The number of carbonyl (C=O) groups excluding carboxylic acids is 2. The van der Waals surface area contributed by atoms with Crippen molar-refractivity contribution in [1.29, 1.82) is 0 Å². The van der Waals surface area contributed by atoms with E-state index in [1.807, 2.05) is 0 Å². The molecule has 4 atom stereocenters. The van der Waals surface area contributed by atoms with Crippen molar-refractivity contribution in [1.82, 2.24) is 0 Å². The zero-order valence-corrected chi connectivity index (χ0v) is 20.4. The Kier molecular flexibility index (Phi) is 15.8. The molecule has 33 heavy (non-hydrogen) atoms. The molecule has 1 saturated heterocycles. The van der Waals surface area contributed by atoms with Crippen LogP contribution >= 0.6 is 0 Å². The van der Waals surface area contributed by atoms with E-state index in [1.54, 1.807) is 0 Å². The van der Waals surface area contributed by atoms with Crippen molar-refractivity contribution in [3.63, 3.8) is 0 Å². The topological polar surface area (TPSA) is 134 Å². The lowest BCUT2D eigenvalue weighted by molar-refractivity contribution is -0.183. The molecule has 1 heterocycles. The Morgan fingerprint density at radius 3 is 1.76 bits per heavy atom. The van der Waals surface area contributed by atoms with Crippen LogP contribution in [0.3, 0.4) is 0 Å². The lowest BCUT2D eigenvalue weighted by Gasteiger charge is -2.35. The minimum Gasteiger partial charge on any atom is -0.447 e. The molecule has 0 amide bonds. The maximum absolute atomic E-state index is 12.3. The van der Waals surface area contributed by atoms with E-state index in [0.717, 1.165) is 19.3 Å². The van der Waals surface area contributed by atoms with Crippen LogP contribution in [0.25, 0.3) is 0 Å². The second-order valence-corrected chi connectivity index (χ2v) is 9.30. The summed E-state index contributed by atoms with van der Waals surface area (Å²) < 4.78 is 10.6. The number of rotatable bonds is 21. The summed E-state index contributed by atoms with van der Waals surface area (Å²) in [6.45, 7) is 0.590. The summed E-state index contributed by atoms with van der Waals surface area (Å²) >= 11 is 0. The van der Waals surface area contributed by atoms with Gasteiger partial charge in [-0.25, -0.2) is 4.79 Å². The van der Waals surface area contributed by atoms with Gasteiger partial charge in [0.2, 0.25) is 0 Å². The Morgan fingerprint density at radius 2 is 1.30 bits per heavy atom. The number of aliphatic hydroxyl groups is 4. The highest BCUT2D eigenvalue weighted by Gasteiger charge is 2.60. The maximum Gasteiger partial charge on any atom is 0.378 e. The maximum atomic E-state index is 12.3. The molecule has 8 nitrogen and oxygen atoms in total. The second-order valence-electron chi connectivity index (χ2n) is 9.30. The summed E-state index contributed by atoms with van der Waals surface area (Å²) in [5.41, 5.74) is -1.67. The number of esters is 1. The smallest absolute Gasteiger partial charge is 0.378 e. The molecule has 1 aliphatic rings. The van der Waals surface area contributed by atoms with Crippen LogP contribution in [-0.2, 0) is 19.1 Å². The first-order chi connectivity index (χ1) is 15.9. The Bertz CT molecular complexity index is 540. The number of hydrogen-bond acceptors (Lipinski definition) is 8. The monoisotopic (exact) mass is 474 g/mol. The molecule has 4 N–H and O–H groups in total. The van der Waals surface area contributed by atoms with Crippen molar-refractivity contribution >= 4 is 11.8 Å². The quantitative estimate of drug-likeness (QED) is 0.113. The van der Waals surface area contributed by atoms with Gasteiger partial charge in [-0.2, -0.15) is 0 Å². The standard InChI is InChI=1S/C25H46O8/c1-2-3-4-5-6-7-8-9-10-11-12-13-14-15-16-25(21(29)18-27)23(22(30)24(31)33-25)32-19-20(28)17-26/h20-21,23,26-29H,2-19H2,1H3/t20?,21-,23?,25+/m0/s1. The minimum atomic E-state index is -1.67. The third-order valence-electron chi connectivity index (χ3n) is 6.49. The Balaban J connectivity index is 2.32. The molecule has 8 heteroatoms. The number of Topliss-reactive ketones (excluding diaryl/α,β-unsaturated/α-hetero) is 1. The van der Waals surface area contributed by atoms with Crippen LogP contribution in [0, 0.1) is 0 Å². The first-order valence-corrected chi connectivity index (χ1v) is 12.9. The van der Waals surface area contributed by atoms with Crippen molar-refractivity contribution in [2.45, 2.75) is 127 Å². The average molecular weight is 475 g/mol. The third kappa shape index (κ3) is 10.4. The van der Waals surface area contributed by atoms with Gasteiger partial charge in [0.25, 0.3) is 5.78 Å². The van der Waals surface area contributed by atoms with Gasteiger partial charge >= 0.3 is 5.97 Å². The lowest BCUT2D eigenvalue weighted by Crippen LogP contribution is -2.54. The van der Waals surface area contributed by atoms with Crippen molar-refractivity contribution in [3.8, 4) is 0 Å². The molecule has 0 bridgehead atoms. The zero-order valence-electron chi connectivity index (χ0n) is 20.4. The summed E-state index contributed by atoms with van der Waals surface area (Å²) in [6.07, 6.45) is 12.6. The number of carbonyl (C=O) groups is 2. The second kappa shape index (κ2) is 17.4. The predicted octanol–water partition coefficient (Wildman–Crippen LogP) is 2.81. The van der Waals surface area contributed by atoms with Crippen LogP contribution in [-0.4, -0.2) is 75.9 Å². The van der Waals surface area contributed by atoms with E-state index in [4.69, 9.17) is 14.6 Å². The van der Waals surface area contributed by atoms with Crippen LogP contribution in [0.5, 0.6) is 0 Å². The Labute approximate surface area is 198 Å². The molecule has 194 valence electrons. The molecule has 1 fully saturated rings. The van der Waals surface area contributed by atoms with Crippen molar-refractivity contribution in [2.24, 2.45) is 0 Å². The molecule has 0 spiro atoms. The fraction of sp³-hybridized carbons (Fsp3) is 0.920. The third-order valence-corrected chi connectivity index (χ3v) is 6.49. The number of aliphatic hydroxyl groups excluding tert-OH is 4. The first kappa shape index (κ1) is 30.0. The van der Waals surface area contributed by atoms with Gasteiger partial charge in [-0.15, -0.1) is 0 Å². The van der Waals surface area contributed by atoms with Crippen molar-refractivity contribution < 1.29 is 39.5 Å². The molecule has 0 radical (unpaired) electrons. The van der Waals surface area contributed by atoms with Crippen molar-refractivity contribution in [3.05, 3.63) is 0 Å². The van der Waals surface area contributed by atoms with Gasteiger partial charge in [0, 0.05) is 0 Å². The van der Waals surface area contributed by atoms with Gasteiger partial charge in [-0.1, -0.05) is 90.4 Å². The van der Waals surface area contributed by atoms with E-state index >= 15 is 0 Å². The normalized spacial score (nSPS) is 22.5. The molecular formula is C25H46O8. The van der Waals surface area contributed by atoms with E-state index in [2.05, 4.69) is 6.92 Å². The summed E-state index contributed by atoms with van der Waals surface area (Å²) in [5, 5.41) is 38.3. The summed E-state index contributed by atoms with van der Waals surface area (Å²) in [4.78, 5) is 24.2. The number of cyclic esters (lactones) is 1. The molecule has 0 saturated carbocycles. The van der Waals surface area contributed by atoms with E-state index in [0.29, 0.717) is 6.42 Å². The summed E-state index contributed by atoms with van der Waals surface area (Å²) in [5.74, 6) is -2.06. The number of ether oxygens (including phenoxy) is 2. The number of ketones is 1. The van der Waals surface area contributed by atoms with Gasteiger partial charge < -0.3 is 29.9 Å². The fourth-order valence-corrected chi connectivity index (χ4v) is 4.42. The SMILES string of the molecule is CCCCCCCCCCCCCCCC[C@]1([C@@H](O)CO)OC(=O)C(=O)C1OCC(O)CO. The van der Waals surface area contributed by atoms with Gasteiger partial charge in [0.05, 0.1) is 19.8 Å². The number of hydrogen-bond donors (Lipinski definition) is 4. The van der Waals surface area contributed by atoms with Crippen molar-refractivity contribution in [2.75, 3.05) is 19.8 Å². The largest absolute Gasteiger partial charge is 0.447 e. The predicted molar refractivity (Wildman–Crippen MR) is 125 cm³/mol. The van der Waals surface area contributed by atoms with Gasteiger partial charge in [0.1, 0.15) is 12.2 Å². The number of unbranched alkanes of at least 4 members (excludes halogenated alkanes) is 13. The van der Waals surface area contributed by atoms with Gasteiger partial charge in [-0.3, -0.25) is 4.79 Å². The first-order valence-electron chi connectivity index (χ1n) is 12.9. The van der Waals surface area contributed by atoms with Crippen LogP contribution < -0.4 is 0 Å². The average Bonchev–Trinajstić information content (AvgIpc) is 3.06. The minimum absolute atomic E-state index is 0.171. The molecule has 0 aromatic rings. The molecule has 1 rings (SSSR count). The van der Waals surface area contributed by atoms with E-state index in [9.17, 15) is 24.9 Å². The summed E-state index contributed by atoms with van der Waals surface area (Å²) in [6, 6.07) is 0. The Hall–Kier alpha value is -1.06. The highest BCUT2D eigenvalue weighted by atomic mass is 16.6.